The van der Waals surface area contributed by atoms with Crippen LogP contribution in [0.5, 0.6) is 0 Å². The highest BCUT2D eigenvalue weighted by Gasteiger charge is 2.27. The fourth-order valence-electron chi connectivity index (χ4n) is 1.75. The van der Waals surface area contributed by atoms with Crippen molar-refractivity contribution in [3.05, 3.63) is 0 Å². The Balaban J connectivity index is 0.00000144. The van der Waals surface area contributed by atoms with Gasteiger partial charge in [-0.3, -0.25) is 4.79 Å². The van der Waals surface area contributed by atoms with Gasteiger partial charge in [-0.25, -0.2) is 0 Å². The lowest BCUT2D eigenvalue weighted by molar-refractivity contribution is -0.146. The Labute approximate surface area is 85.4 Å². The van der Waals surface area contributed by atoms with Crippen molar-refractivity contribution in [1.82, 2.24) is 0 Å². The van der Waals surface area contributed by atoms with E-state index in [0.717, 1.165) is 12.8 Å². The van der Waals surface area contributed by atoms with Crippen molar-refractivity contribution in [1.29, 1.82) is 0 Å². The number of hydrogen-bond donors (Lipinski definition) is 1. The maximum Gasteiger partial charge on any atom is 0.323 e. The number of hydrogen-bond acceptors (Lipinski definition) is 3. The van der Waals surface area contributed by atoms with E-state index in [1.165, 1.54) is 12.8 Å². The predicted molar refractivity (Wildman–Crippen MR) is 53.8 cm³/mol. The van der Waals surface area contributed by atoms with Crippen LogP contribution in [0.15, 0.2) is 0 Å². The van der Waals surface area contributed by atoms with Crippen LogP contribution in [0.3, 0.4) is 0 Å². The predicted octanol–water partition coefficient (Wildman–Crippen LogP) is 1.49. The molecule has 3 nitrogen and oxygen atoms in total. The van der Waals surface area contributed by atoms with Crippen molar-refractivity contribution in [2.45, 2.75) is 38.6 Å². The van der Waals surface area contributed by atoms with E-state index in [1.54, 1.807) is 6.92 Å². The molecule has 0 saturated heterocycles. The number of ether oxygens (including phenoxy) is 1. The molecular weight excluding hydrogens is 190 g/mol. The Morgan fingerprint density at radius 1 is 1.54 bits per heavy atom. The molecule has 13 heavy (non-hydrogen) atoms. The summed E-state index contributed by atoms with van der Waals surface area (Å²) in [7, 11) is 0. The highest BCUT2D eigenvalue weighted by Crippen LogP contribution is 2.27. The maximum atomic E-state index is 11.2. The van der Waals surface area contributed by atoms with E-state index in [-0.39, 0.29) is 24.4 Å². The summed E-state index contributed by atoms with van der Waals surface area (Å²) in [5.41, 5.74) is 5.73. The second kappa shape index (κ2) is 6.22. The summed E-state index contributed by atoms with van der Waals surface area (Å²) < 4.78 is 4.85. The van der Waals surface area contributed by atoms with Gasteiger partial charge in [-0.1, -0.05) is 12.8 Å². The molecule has 78 valence electrons. The van der Waals surface area contributed by atoms with Crippen LogP contribution >= 0.6 is 12.4 Å². The van der Waals surface area contributed by atoms with Crippen molar-refractivity contribution in [2.24, 2.45) is 11.7 Å². The van der Waals surface area contributed by atoms with Crippen LogP contribution < -0.4 is 5.73 Å². The van der Waals surface area contributed by atoms with E-state index >= 15 is 0 Å². The Morgan fingerprint density at radius 3 is 2.54 bits per heavy atom. The number of halogens is 1. The highest BCUT2D eigenvalue weighted by molar-refractivity contribution is 5.85. The summed E-state index contributed by atoms with van der Waals surface area (Å²) in [5, 5.41) is 0. The van der Waals surface area contributed by atoms with E-state index < -0.39 is 0 Å². The topological polar surface area (TPSA) is 52.3 Å². The first-order chi connectivity index (χ1) is 5.75. The maximum absolute atomic E-state index is 11.2. The second-order valence-corrected chi connectivity index (χ2v) is 3.32. The number of esters is 1. The Morgan fingerprint density at radius 2 is 2.08 bits per heavy atom. The van der Waals surface area contributed by atoms with Crippen LogP contribution in [-0.2, 0) is 9.53 Å². The highest BCUT2D eigenvalue weighted by atomic mass is 35.5. The molecule has 1 aliphatic carbocycles. The third-order valence-corrected chi connectivity index (χ3v) is 2.47. The molecule has 4 heteroatoms. The molecule has 0 aromatic rings. The molecule has 1 aliphatic rings. The van der Waals surface area contributed by atoms with E-state index in [9.17, 15) is 4.79 Å². The molecule has 0 spiro atoms. The van der Waals surface area contributed by atoms with Crippen molar-refractivity contribution in [3.8, 4) is 0 Å². The van der Waals surface area contributed by atoms with Crippen LogP contribution in [0.2, 0.25) is 0 Å². The number of nitrogens with two attached hydrogens (primary N) is 1. The van der Waals surface area contributed by atoms with Gasteiger partial charge in [0.05, 0.1) is 6.61 Å². The zero-order valence-corrected chi connectivity index (χ0v) is 8.81. The Kier molecular flexibility index (Phi) is 6.08. The SMILES string of the molecule is CCOC(=O)[C@H](N)C1CCCC1.Cl. The summed E-state index contributed by atoms with van der Waals surface area (Å²) >= 11 is 0. The van der Waals surface area contributed by atoms with Crippen LogP contribution in [0.25, 0.3) is 0 Å². The summed E-state index contributed by atoms with van der Waals surface area (Å²) in [5.74, 6) is 0.133. The molecule has 1 atom stereocenters. The molecule has 0 radical (unpaired) electrons. The van der Waals surface area contributed by atoms with Gasteiger partial charge in [0.1, 0.15) is 6.04 Å². The standard InChI is InChI=1S/C9H17NO2.ClH/c1-2-12-9(11)8(10)7-5-3-4-6-7;/h7-8H,2-6,10H2,1H3;1H/t8-;/m1./s1. The molecule has 2 N–H and O–H groups in total. The Bertz CT molecular complexity index is 158. The van der Waals surface area contributed by atoms with Gasteiger partial charge >= 0.3 is 5.97 Å². The van der Waals surface area contributed by atoms with Crippen molar-refractivity contribution in [2.75, 3.05) is 6.61 Å². The van der Waals surface area contributed by atoms with Crippen LogP contribution in [0.1, 0.15) is 32.6 Å². The quantitative estimate of drug-likeness (QED) is 0.714. The summed E-state index contributed by atoms with van der Waals surface area (Å²) in [6.45, 7) is 2.23. The van der Waals surface area contributed by atoms with E-state index in [2.05, 4.69) is 0 Å². The lowest BCUT2D eigenvalue weighted by Crippen LogP contribution is -2.38. The number of carbonyl (C=O) groups excluding carboxylic acids is 1. The normalized spacial score (nSPS) is 19.2. The smallest absolute Gasteiger partial charge is 0.323 e. The van der Waals surface area contributed by atoms with Crippen LogP contribution in [-0.4, -0.2) is 18.6 Å². The minimum atomic E-state index is -0.382. The van der Waals surface area contributed by atoms with Gasteiger partial charge in [-0.2, -0.15) is 0 Å². The lowest BCUT2D eigenvalue weighted by atomic mass is 9.99. The minimum absolute atomic E-state index is 0. The molecule has 0 bridgehead atoms. The second-order valence-electron chi connectivity index (χ2n) is 3.32. The van der Waals surface area contributed by atoms with Crippen molar-refractivity contribution >= 4 is 18.4 Å². The van der Waals surface area contributed by atoms with Gasteiger partial charge in [0.15, 0.2) is 0 Å². The van der Waals surface area contributed by atoms with Gasteiger partial charge in [-0.05, 0) is 25.7 Å². The average Bonchev–Trinajstić information content (AvgIpc) is 2.55. The van der Waals surface area contributed by atoms with Crippen molar-refractivity contribution in [3.63, 3.8) is 0 Å². The first-order valence-electron chi connectivity index (χ1n) is 4.68. The van der Waals surface area contributed by atoms with Crippen molar-refractivity contribution < 1.29 is 9.53 Å². The van der Waals surface area contributed by atoms with E-state index in [4.69, 9.17) is 10.5 Å². The fourth-order valence-corrected chi connectivity index (χ4v) is 1.75. The molecule has 0 unspecified atom stereocenters. The van der Waals surface area contributed by atoms with Gasteiger partial charge in [0.2, 0.25) is 0 Å². The molecular formula is C9H18ClNO2. The van der Waals surface area contributed by atoms with E-state index in [0.29, 0.717) is 12.5 Å². The third-order valence-electron chi connectivity index (χ3n) is 2.47. The minimum Gasteiger partial charge on any atom is -0.465 e. The Hall–Kier alpha value is -0.280. The molecule has 0 heterocycles. The average molecular weight is 208 g/mol. The van der Waals surface area contributed by atoms with Gasteiger partial charge < -0.3 is 10.5 Å². The first kappa shape index (κ1) is 12.7. The molecule has 0 aromatic carbocycles. The largest absolute Gasteiger partial charge is 0.465 e. The summed E-state index contributed by atoms with van der Waals surface area (Å²) in [4.78, 5) is 11.2. The lowest BCUT2D eigenvalue weighted by Gasteiger charge is -2.16. The molecule has 1 saturated carbocycles. The molecule has 0 aromatic heterocycles. The molecule has 0 amide bonds. The number of rotatable bonds is 3. The third kappa shape index (κ3) is 3.53. The van der Waals surface area contributed by atoms with E-state index in [1.807, 2.05) is 0 Å². The summed E-state index contributed by atoms with van der Waals surface area (Å²) in [6, 6.07) is -0.382. The van der Waals surface area contributed by atoms with Gasteiger partial charge in [-0.15, -0.1) is 12.4 Å². The molecule has 0 aliphatic heterocycles. The first-order valence-corrected chi connectivity index (χ1v) is 4.68. The number of carbonyl (C=O) groups is 1. The fraction of sp³-hybridized carbons (Fsp3) is 0.889. The molecule has 1 fully saturated rings. The zero-order valence-electron chi connectivity index (χ0n) is 7.99. The summed E-state index contributed by atoms with van der Waals surface area (Å²) in [6.07, 6.45) is 4.58. The molecule has 1 rings (SSSR count). The van der Waals surface area contributed by atoms with Gasteiger partial charge in [0.25, 0.3) is 0 Å². The zero-order chi connectivity index (χ0) is 8.97. The monoisotopic (exact) mass is 207 g/mol. The van der Waals surface area contributed by atoms with Crippen LogP contribution in [0.4, 0.5) is 0 Å². The van der Waals surface area contributed by atoms with Gasteiger partial charge in [0, 0.05) is 0 Å². The van der Waals surface area contributed by atoms with Crippen LogP contribution in [0, 0.1) is 5.92 Å².